The van der Waals surface area contributed by atoms with Gasteiger partial charge in [0.2, 0.25) is 5.91 Å². The third kappa shape index (κ3) is 3.45. The molecule has 1 aliphatic carbocycles. The van der Waals surface area contributed by atoms with Gasteiger partial charge in [0.05, 0.1) is 11.5 Å². The molecule has 0 aliphatic heterocycles. The number of nitrogens with zero attached hydrogens (tertiary/aromatic N) is 1. The Morgan fingerprint density at radius 1 is 1.33 bits per heavy atom. The van der Waals surface area contributed by atoms with Gasteiger partial charge in [-0.25, -0.2) is 0 Å². The molecule has 18 heavy (non-hydrogen) atoms. The maximum Gasteiger partial charge on any atom is 0.308 e. The fraction of sp³-hybridized carbons (Fsp3) is 0.846. The van der Waals surface area contributed by atoms with E-state index < -0.39 is 17.4 Å². The van der Waals surface area contributed by atoms with Crippen molar-refractivity contribution in [3.8, 4) is 0 Å². The average molecular weight is 256 g/mol. The maximum atomic E-state index is 12.4. The standard InChI is InChI=1S/C13H24N2O3/c1-3-15(9-10(2)11(16)17)12(18)13(14)7-5-4-6-8-13/h10H,3-9,14H2,1-2H3,(H,16,17). The van der Waals surface area contributed by atoms with E-state index in [9.17, 15) is 9.59 Å². The van der Waals surface area contributed by atoms with Crippen LogP contribution in [0.2, 0.25) is 0 Å². The van der Waals surface area contributed by atoms with E-state index >= 15 is 0 Å². The quantitative estimate of drug-likeness (QED) is 0.774. The van der Waals surface area contributed by atoms with Crippen LogP contribution in [-0.2, 0) is 9.59 Å². The van der Waals surface area contributed by atoms with Crippen molar-refractivity contribution in [3.05, 3.63) is 0 Å². The average Bonchev–Trinajstić information content (AvgIpc) is 2.35. The zero-order valence-corrected chi connectivity index (χ0v) is 11.3. The maximum absolute atomic E-state index is 12.4. The number of carboxylic acids is 1. The van der Waals surface area contributed by atoms with E-state index in [-0.39, 0.29) is 12.5 Å². The van der Waals surface area contributed by atoms with Gasteiger partial charge in [0, 0.05) is 13.1 Å². The molecule has 1 atom stereocenters. The second-order valence-corrected chi connectivity index (χ2v) is 5.30. The lowest BCUT2D eigenvalue weighted by atomic mass is 9.81. The smallest absolute Gasteiger partial charge is 0.308 e. The van der Waals surface area contributed by atoms with Crippen LogP contribution >= 0.6 is 0 Å². The minimum absolute atomic E-state index is 0.0854. The first-order valence-electron chi connectivity index (χ1n) is 6.72. The summed E-state index contributed by atoms with van der Waals surface area (Å²) in [5.41, 5.74) is 5.42. The Bertz CT molecular complexity index is 311. The summed E-state index contributed by atoms with van der Waals surface area (Å²) in [5, 5.41) is 8.91. The van der Waals surface area contributed by atoms with Crippen molar-refractivity contribution >= 4 is 11.9 Å². The van der Waals surface area contributed by atoms with E-state index in [1.54, 1.807) is 11.8 Å². The van der Waals surface area contributed by atoms with Crippen molar-refractivity contribution in [2.45, 2.75) is 51.5 Å². The molecule has 0 radical (unpaired) electrons. The van der Waals surface area contributed by atoms with Gasteiger partial charge in [0.15, 0.2) is 0 Å². The number of nitrogens with two attached hydrogens (primary N) is 1. The highest BCUT2D eigenvalue weighted by atomic mass is 16.4. The number of carbonyl (C=O) groups is 2. The van der Waals surface area contributed by atoms with Gasteiger partial charge < -0.3 is 15.7 Å². The Morgan fingerprint density at radius 2 is 1.89 bits per heavy atom. The van der Waals surface area contributed by atoms with Crippen molar-refractivity contribution in [1.82, 2.24) is 4.90 Å². The van der Waals surface area contributed by atoms with Crippen LogP contribution in [0.1, 0.15) is 46.0 Å². The Morgan fingerprint density at radius 3 is 2.33 bits per heavy atom. The number of hydrogen-bond acceptors (Lipinski definition) is 3. The van der Waals surface area contributed by atoms with Gasteiger partial charge in [-0.1, -0.05) is 26.2 Å². The molecule has 1 rings (SSSR count). The molecule has 0 aromatic rings. The molecule has 1 amide bonds. The second-order valence-electron chi connectivity index (χ2n) is 5.30. The molecule has 0 aromatic carbocycles. The van der Waals surface area contributed by atoms with Gasteiger partial charge in [-0.3, -0.25) is 9.59 Å². The molecular weight excluding hydrogens is 232 g/mol. The Labute approximate surface area is 108 Å². The van der Waals surface area contributed by atoms with Gasteiger partial charge in [-0.05, 0) is 19.8 Å². The molecular formula is C13H24N2O3. The summed E-state index contributed by atoms with van der Waals surface area (Å²) in [4.78, 5) is 24.9. The normalized spacial score (nSPS) is 20.2. The lowest BCUT2D eigenvalue weighted by molar-refractivity contribution is -0.144. The first-order chi connectivity index (χ1) is 8.40. The Hall–Kier alpha value is -1.10. The van der Waals surface area contributed by atoms with Crippen molar-refractivity contribution in [1.29, 1.82) is 0 Å². The summed E-state index contributed by atoms with van der Waals surface area (Å²) < 4.78 is 0. The van der Waals surface area contributed by atoms with Crippen molar-refractivity contribution in [3.63, 3.8) is 0 Å². The molecule has 1 aliphatic rings. The number of likely N-dealkylation sites (N-methyl/N-ethyl adjacent to an activating group) is 1. The van der Waals surface area contributed by atoms with E-state index in [1.165, 1.54) is 0 Å². The summed E-state index contributed by atoms with van der Waals surface area (Å²) in [6.07, 6.45) is 4.51. The number of carboxylic acid groups (broad SMARTS) is 1. The topological polar surface area (TPSA) is 83.6 Å². The molecule has 5 nitrogen and oxygen atoms in total. The van der Waals surface area contributed by atoms with Crippen molar-refractivity contribution in [2.24, 2.45) is 11.7 Å². The van der Waals surface area contributed by atoms with Gasteiger partial charge >= 0.3 is 5.97 Å². The van der Waals surface area contributed by atoms with E-state index in [2.05, 4.69) is 0 Å². The van der Waals surface area contributed by atoms with Gasteiger partial charge in [0.1, 0.15) is 0 Å². The molecule has 0 saturated heterocycles. The third-order valence-corrected chi connectivity index (χ3v) is 3.76. The molecule has 1 unspecified atom stereocenters. The number of hydrogen-bond donors (Lipinski definition) is 2. The van der Waals surface area contributed by atoms with Crippen LogP contribution in [0.15, 0.2) is 0 Å². The number of aliphatic carboxylic acids is 1. The predicted octanol–water partition coefficient (Wildman–Crippen LogP) is 1.22. The summed E-state index contributed by atoms with van der Waals surface area (Å²) in [7, 11) is 0. The molecule has 0 bridgehead atoms. The van der Waals surface area contributed by atoms with Crippen LogP contribution in [0.25, 0.3) is 0 Å². The molecule has 5 heteroatoms. The van der Waals surface area contributed by atoms with E-state index in [0.717, 1.165) is 19.3 Å². The molecule has 1 fully saturated rings. The van der Waals surface area contributed by atoms with Crippen molar-refractivity contribution < 1.29 is 14.7 Å². The summed E-state index contributed by atoms with van der Waals surface area (Å²) in [6, 6.07) is 0. The first-order valence-corrected chi connectivity index (χ1v) is 6.72. The summed E-state index contributed by atoms with van der Waals surface area (Å²) in [6.45, 7) is 4.22. The zero-order valence-electron chi connectivity index (χ0n) is 11.3. The number of carbonyl (C=O) groups excluding carboxylic acids is 1. The van der Waals surface area contributed by atoms with Crippen molar-refractivity contribution in [2.75, 3.05) is 13.1 Å². The van der Waals surface area contributed by atoms with E-state index in [0.29, 0.717) is 19.4 Å². The first kappa shape index (κ1) is 15.0. The molecule has 104 valence electrons. The Balaban J connectivity index is 2.69. The highest BCUT2D eigenvalue weighted by Gasteiger charge is 2.38. The molecule has 0 aromatic heterocycles. The van der Waals surface area contributed by atoms with Crippen LogP contribution in [-0.4, -0.2) is 40.5 Å². The van der Waals surface area contributed by atoms with Gasteiger partial charge in [0.25, 0.3) is 0 Å². The van der Waals surface area contributed by atoms with Gasteiger partial charge in [-0.2, -0.15) is 0 Å². The fourth-order valence-corrected chi connectivity index (χ4v) is 2.48. The molecule has 0 heterocycles. The molecule has 0 spiro atoms. The highest BCUT2D eigenvalue weighted by Crippen LogP contribution is 2.27. The van der Waals surface area contributed by atoms with Crippen LogP contribution in [0.5, 0.6) is 0 Å². The lowest BCUT2D eigenvalue weighted by Gasteiger charge is -2.37. The van der Waals surface area contributed by atoms with Gasteiger partial charge in [-0.15, -0.1) is 0 Å². The monoisotopic (exact) mass is 256 g/mol. The molecule has 1 saturated carbocycles. The summed E-state index contributed by atoms with van der Waals surface area (Å²) >= 11 is 0. The van der Waals surface area contributed by atoms with E-state index in [4.69, 9.17) is 10.8 Å². The molecule has 3 N–H and O–H groups in total. The number of amides is 1. The Kier molecular flexibility index (Phi) is 5.14. The summed E-state index contributed by atoms with van der Waals surface area (Å²) in [5.74, 6) is -1.52. The van der Waals surface area contributed by atoms with Crippen LogP contribution in [0, 0.1) is 5.92 Å². The largest absolute Gasteiger partial charge is 0.481 e. The van der Waals surface area contributed by atoms with E-state index in [1.807, 2.05) is 6.92 Å². The zero-order chi connectivity index (χ0) is 13.8. The third-order valence-electron chi connectivity index (χ3n) is 3.76. The SMILES string of the molecule is CCN(CC(C)C(=O)O)C(=O)C1(N)CCCCC1. The number of rotatable bonds is 5. The minimum atomic E-state index is -0.879. The minimum Gasteiger partial charge on any atom is -0.481 e. The van der Waals surface area contributed by atoms with Crippen LogP contribution < -0.4 is 5.73 Å². The second kappa shape index (κ2) is 6.18. The van der Waals surface area contributed by atoms with Crippen LogP contribution in [0.3, 0.4) is 0 Å². The highest BCUT2D eigenvalue weighted by molar-refractivity contribution is 5.86. The van der Waals surface area contributed by atoms with Crippen LogP contribution in [0.4, 0.5) is 0 Å². The predicted molar refractivity (Wildman–Crippen MR) is 69.1 cm³/mol. The lowest BCUT2D eigenvalue weighted by Crippen LogP contribution is -2.57. The fourth-order valence-electron chi connectivity index (χ4n) is 2.48.